The molecule has 2 aliphatic rings. The van der Waals surface area contributed by atoms with Crippen LogP contribution < -0.4 is 9.64 Å². The minimum Gasteiger partial charge on any atom is -0.465 e. The highest BCUT2D eigenvalue weighted by Gasteiger charge is 2.32. The van der Waals surface area contributed by atoms with Crippen molar-refractivity contribution in [1.82, 2.24) is 19.7 Å². The van der Waals surface area contributed by atoms with Crippen LogP contribution in [0.3, 0.4) is 0 Å². The predicted octanol–water partition coefficient (Wildman–Crippen LogP) is 4.60. The third-order valence-corrected chi connectivity index (χ3v) is 6.34. The average molecular weight is 464 g/mol. The Kier molecular flexibility index (Phi) is 5.51. The van der Waals surface area contributed by atoms with Crippen molar-refractivity contribution in [3.8, 4) is 22.9 Å². The van der Waals surface area contributed by atoms with Crippen LogP contribution in [0.4, 0.5) is 10.5 Å². The van der Waals surface area contributed by atoms with E-state index in [1.165, 1.54) is 4.90 Å². The van der Waals surface area contributed by atoms with Crippen molar-refractivity contribution in [2.75, 3.05) is 4.90 Å². The summed E-state index contributed by atoms with van der Waals surface area (Å²) in [7, 11) is 0. The number of carboxylic acid groups (broad SMARTS) is 1. The van der Waals surface area contributed by atoms with Gasteiger partial charge in [0.25, 0.3) is 0 Å². The molecule has 2 aromatic heterocycles. The summed E-state index contributed by atoms with van der Waals surface area (Å²) in [5.74, 6) is 1.08. The van der Waals surface area contributed by atoms with Gasteiger partial charge in [-0.15, -0.1) is 0 Å². The Morgan fingerprint density at radius 3 is 2.56 bits per heavy atom. The van der Waals surface area contributed by atoms with Gasteiger partial charge in [0.1, 0.15) is 5.75 Å². The van der Waals surface area contributed by atoms with Gasteiger partial charge in [-0.3, -0.25) is 9.58 Å². The van der Waals surface area contributed by atoms with E-state index in [-0.39, 0.29) is 12.1 Å². The molecule has 1 amide bonds. The van der Waals surface area contributed by atoms with Crippen LogP contribution in [-0.2, 0) is 13.0 Å². The molecule has 0 spiro atoms. The lowest BCUT2D eigenvalue weighted by molar-refractivity contribution is 0.0577. The molecule has 0 bridgehead atoms. The first-order valence-corrected chi connectivity index (χ1v) is 11.6. The van der Waals surface area contributed by atoms with Gasteiger partial charge in [0.05, 0.1) is 24.0 Å². The average Bonchev–Trinajstić information content (AvgIpc) is 3.52. The Morgan fingerprint density at radius 1 is 1.18 bits per heavy atom. The van der Waals surface area contributed by atoms with E-state index >= 15 is 0 Å². The van der Waals surface area contributed by atoms with Crippen molar-refractivity contribution >= 4 is 11.8 Å². The van der Waals surface area contributed by atoms with Crippen molar-refractivity contribution in [3.63, 3.8) is 0 Å². The number of aliphatic hydroxyl groups is 1. The van der Waals surface area contributed by atoms with Crippen molar-refractivity contribution in [1.29, 1.82) is 0 Å². The van der Waals surface area contributed by atoms with Crippen LogP contribution in [0.2, 0.25) is 0 Å². The SMILES string of the molecule is C[C@H]1CCc2c(ccc(-c3cnn(CC(C)(C)O)c3)c2Oc2ncc(C3CC3)cn2)N1C(=O)O. The number of anilines is 1. The molecule has 1 atom stereocenters. The van der Waals surface area contributed by atoms with Gasteiger partial charge >= 0.3 is 12.1 Å². The van der Waals surface area contributed by atoms with Gasteiger partial charge in [-0.2, -0.15) is 5.10 Å². The van der Waals surface area contributed by atoms with E-state index in [1.807, 2.05) is 37.6 Å². The minimum atomic E-state index is -0.991. The zero-order chi connectivity index (χ0) is 24.0. The van der Waals surface area contributed by atoms with Crippen molar-refractivity contribution < 1.29 is 19.7 Å². The van der Waals surface area contributed by atoms with Crippen molar-refractivity contribution in [2.45, 2.75) is 70.6 Å². The first-order chi connectivity index (χ1) is 16.2. The van der Waals surface area contributed by atoms with Crippen LogP contribution in [0.15, 0.2) is 36.9 Å². The topological polar surface area (TPSA) is 114 Å². The van der Waals surface area contributed by atoms with E-state index in [4.69, 9.17) is 4.74 Å². The Hall–Kier alpha value is -3.46. The molecule has 2 N–H and O–H groups in total. The molecule has 178 valence electrons. The smallest absolute Gasteiger partial charge is 0.412 e. The summed E-state index contributed by atoms with van der Waals surface area (Å²) in [4.78, 5) is 22.3. The Bertz CT molecular complexity index is 1210. The number of hydrogen-bond acceptors (Lipinski definition) is 6. The maximum absolute atomic E-state index is 12.0. The maximum atomic E-state index is 12.0. The fourth-order valence-electron chi connectivity index (χ4n) is 4.52. The van der Waals surface area contributed by atoms with Crippen molar-refractivity contribution in [3.05, 3.63) is 48.0 Å². The van der Waals surface area contributed by atoms with E-state index in [0.717, 1.165) is 35.1 Å². The molecular formula is C25H29N5O4. The van der Waals surface area contributed by atoms with E-state index < -0.39 is 11.7 Å². The van der Waals surface area contributed by atoms with Gasteiger partial charge in [0.2, 0.25) is 0 Å². The number of ether oxygens (including phenoxy) is 1. The largest absolute Gasteiger partial charge is 0.465 e. The summed E-state index contributed by atoms with van der Waals surface area (Å²) in [5.41, 5.74) is 3.20. The fraction of sp³-hybridized carbons (Fsp3) is 0.440. The lowest BCUT2D eigenvalue weighted by Gasteiger charge is -2.34. The molecule has 1 saturated carbocycles. The normalized spacial score (nSPS) is 18.0. The standard InChI is InChI=1S/C25H29N5O4/c1-15-4-7-20-21(30(15)24(31)32)9-8-19(18-12-28-29(13-18)14-25(2,3)33)22(20)34-23-26-10-17(11-27-23)16-5-6-16/h8-13,15-16,33H,4-7,14H2,1-3H3,(H,31,32)/t15-/m0/s1. The molecule has 0 unspecified atom stereocenters. The maximum Gasteiger partial charge on any atom is 0.412 e. The van der Waals surface area contributed by atoms with Crippen molar-refractivity contribution in [2.24, 2.45) is 0 Å². The summed E-state index contributed by atoms with van der Waals surface area (Å²) in [6.45, 7) is 5.70. The second kappa shape index (κ2) is 8.39. The van der Waals surface area contributed by atoms with Crippen LogP contribution in [0, 0.1) is 0 Å². The fourth-order valence-corrected chi connectivity index (χ4v) is 4.52. The second-order valence-corrected chi connectivity index (χ2v) is 9.89. The molecule has 1 aromatic carbocycles. The number of aromatic nitrogens is 4. The highest BCUT2D eigenvalue weighted by Crippen LogP contribution is 2.44. The molecule has 3 heterocycles. The molecule has 3 aromatic rings. The zero-order valence-electron chi connectivity index (χ0n) is 19.6. The molecule has 0 saturated heterocycles. The van der Waals surface area contributed by atoms with E-state index in [9.17, 15) is 15.0 Å². The summed E-state index contributed by atoms with van der Waals surface area (Å²) in [5, 5.41) is 24.4. The third kappa shape index (κ3) is 4.48. The van der Waals surface area contributed by atoms with Gasteiger partial charge in [0, 0.05) is 41.3 Å². The first kappa shape index (κ1) is 22.3. The Labute approximate surface area is 198 Å². The summed E-state index contributed by atoms with van der Waals surface area (Å²) in [6.07, 6.45) is 9.87. The molecule has 9 nitrogen and oxygen atoms in total. The first-order valence-electron chi connectivity index (χ1n) is 11.6. The number of carbonyl (C=O) groups is 1. The highest BCUT2D eigenvalue weighted by atomic mass is 16.5. The number of fused-ring (bicyclic) bond motifs is 1. The summed E-state index contributed by atoms with van der Waals surface area (Å²) < 4.78 is 7.95. The summed E-state index contributed by atoms with van der Waals surface area (Å²) >= 11 is 0. The third-order valence-electron chi connectivity index (χ3n) is 6.34. The molecule has 1 aliphatic heterocycles. The van der Waals surface area contributed by atoms with Gasteiger partial charge in [-0.1, -0.05) is 0 Å². The monoisotopic (exact) mass is 463 g/mol. The summed E-state index contributed by atoms with van der Waals surface area (Å²) in [6, 6.07) is 3.77. The number of benzene rings is 1. The molecular weight excluding hydrogens is 434 g/mol. The quantitative estimate of drug-likeness (QED) is 0.549. The predicted molar refractivity (Wildman–Crippen MR) is 126 cm³/mol. The zero-order valence-corrected chi connectivity index (χ0v) is 19.6. The molecule has 1 aliphatic carbocycles. The van der Waals surface area contributed by atoms with Crippen LogP contribution in [0.5, 0.6) is 11.8 Å². The number of rotatable bonds is 6. The minimum absolute atomic E-state index is 0.132. The van der Waals surface area contributed by atoms with E-state index in [0.29, 0.717) is 36.7 Å². The molecule has 5 rings (SSSR count). The van der Waals surface area contributed by atoms with Crippen LogP contribution in [0.1, 0.15) is 57.1 Å². The van der Waals surface area contributed by atoms with Crippen LogP contribution in [0.25, 0.3) is 11.1 Å². The Balaban J connectivity index is 1.57. The van der Waals surface area contributed by atoms with Crippen LogP contribution in [-0.4, -0.2) is 47.7 Å². The van der Waals surface area contributed by atoms with Gasteiger partial charge in [0.15, 0.2) is 0 Å². The lowest BCUT2D eigenvalue weighted by atomic mass is 9.92. The van der Waals surface area contributed by atoms with E-state index in [1.54, 1.807) is 24.7 Å². The van der Waals surface area contributed by atoms with Crippen LogP contribution >= 0.6 is 0 Å². The van der Waals surface area contributed by atoms with E-state index in [2.05, 4.69) is 15.1 Å². The number of hydrogen-bond donors (Lipinski definition) is 2. The second-order valence-electron chi connectivity index (χ2n) is 9.89. The van der Waals surface area contributed by atoms with Gasteiger partial charge in [-0.05, 0) is 70.1 Å². The molecule has 34 heavy (non-hydrogen) atoms. The number of nitrogens with zero attached hydrogens (tertiary/aromatic N) is 5. The van der Waals surface area contributed by atoms with Gasteiger partial charge in [-0.25, -0.2) is 14.8 Å². The number of amides is 1. The lowest BCUT2D eigenvalue weighted by Crippen LogP contribution is -2.41. The molecule has 9 heteroatoms. The molecule has 0 radical (unpaired) electrons. The molecule has 1 fully saturated rings. The van der Waals surface area contributed by atoms with Gasteiger partial charge < -0.3 is 14.9 Å². The highest BCUT2D eigenvalue weighted by molar-refractivity contribution is 5.91. The Morgan fingerprint density at radius 2 is 1.91 bits per heavy atom.